The molecule has 0 aliphatic rings. The van der Waals surface area contributed by atoms with Crippen LogP contribution in [0.4, 0.5) is 0 Å². The quantitative estimate of drug-likeness (QED) is 0.617. The Labute approximate surface area is 123 Å². The molecule has 0 amide bonds. The fourth-order valence-electron chi connectivity index (χ4n) is 1.78. The maximum atomic E-state index is 11.7. The lowest BCUT2D eigenvalue weighted by molar-refractivity contribution is -0.0134. The molecule has 5 nitrogen and oxygen atoms in total. The average molecular weight is 299 g/mol. The van der Waals surface area contributed by atoms with Gasteiger partial charge in [0.15, 0.2) is 11.5 Å². The molecule has 1 aromatic rings. The molecule has 0 aliphatic carbocycles. The van der Waals surface area contributed by atoms with Crippen molar-refractivity contribution in [2.24, 2.45) is 5.41 Å². The lowest BCUT2D eigenvalue weighted by Crippen LogP contribution is -2.21. The van der Waals surface area contributed by atoms with E-state index in [1.165, 1.54) is 25.4 Å². The van der Waals surface area contributed by atoms with Gasteiger partial charge < -0.3 is 9.47 Å². The first-order chi connectivity index (χ1) is 9.22. The van der Waals surface area contributed by atoms with Crippen molar-refractivity contribution in [3.63, 3.8) is 0 Å². The summed E-state index contributed by atoms with van der Waals surface area (Å²) in [4.78, 5) is 28.0. The molecular formula is C14H21NO4S. The Morgan fingerprint density at radius 2 is 1.95 bits per heavy atom. The highest BCUT2D eigenvalue weighted by Gasteiger charge is 2.32. The van der Waals surface area contributed by atoms with Gasteiger partial charge in [0.25, 0.3) is 0 Å². The van der Waals surface area contributed by atoms with Crippen LogP contribution in [0.25, 0.3) is 0 Å². The number of hydrogen-bond donors (Lipinski definition) is 0. The summed E-state index contributed by atoms with van der Waals surface area (Å²) >= 11 is 1.20. The molecule has 6 heteroatoms. The van der Waals surface area contributed by atoms with E-state index >= 15 is 0 Å². The maximum Gasteiger partial charge on any atom is 0.358 e. The predicted octanol–water partition coefficient (Wildman–Crippen LogP) is 3.26. The minimum Gasteiger partial charge on any atom is -0.464 e. The molecule has 0 aromatic carbocycles. The molecule has 0 bridgehead atoms. The number of methoxy groups -OCH3 is 1. The van der Waals surface area contributed by atoms with Crippen LogP contribution in [0.5, 0.6) is 0 Å². The van der Waals surface area contributed by atoms with Crippen LogP contribution in [-0.4, -0.2) is 30.5 Å². The van der Waals surface area contributed by atoms with Gasteiger partial charge in [-0.1, -0.05) is 20.8 Å². The van der Waals surface area contributed by atoms with E-state index in [9.17, 15) is 9.59 Å². The molecular weight excluding hydrogens is 278 g/mol. The normalized spacial score (nSPS) is 13.1. The number of Topliss-reactive ketones (excluding diaryl/α,β-unsaturated/α-hetero) is 1. The van der Waals surface area contributed by atoms with Crippen molar-refractivity contribution in [3.8, 4) is 0 Å². The first-order valence-corrected chi connectivity index (χ1v) is 7.25. The first kappa shape index (κ1) is 16.8. The number of aromatic nitrogens is 1. The summed E-state index contributed by atoms with van der Waals surface area (Å²) in [5, 5.41) is 0.630. The highest BCUT2D eigenvalue weighted by atomic mass is 32.1. The fraction of sp³-hybridized carbons (Fsp3) is 0.643. The fourth-order valence-corrected chi connectivity index (χ4v) is 3.02. The summed E-state index contributed by atoms with van der Waals surface area (Å²) in [5.41, 5.74) is -0.107. The van der Waals surface area contributed by atoms with Gasteiger partial charge in [-0.15, -0.1) is 11.3 Å². The zero-order valence-corrected chi connectivity index (χ0v) is 13.6. The molecule has 1 rings (SSSR count). The third kappa shape index (κ3) is 3.64. The summed E-state index contributed by atoms with van der Waals surface area (Å²) in [7, 11) is 1.27. The van der Waals surface area contributed by atoms with Gasteiger partial charge in [0.1, 0.15) is 16.0 Å². The number of ketones is 1. The van der Waals surface area contributed by atoms with Crippen LogP contribution >= 0.6 is 11.3 Å². The number of ether oxygens (including phenoxy) is 2. The van der Waals surface area contributed by atoms with Crippen LogP contribution in [0.1, 0.15) is 65.9 Å². The van der Waals surface area contributed by atoms with Crippen LogP contribution in [0, 0.1) is 5.41 Å². The molecule has 1 heterocycles. The minimum absolute atomic E-state index is 0.0777. The monoisotopic (exact) mass is 299 g/mol. The van der Waals surface area contributed by atoms with Crippen LogP contribution in [0.2, 0.25) is 0 Å². The van der Waals surface area contributed by atoms with Gasteiger partial charge in [0, 0.05) is 13.5 Å². The van der Waals surface area contributed by atoms with Gasteiger partial charge in [-0.05, 0) is 12.3 Å². The number of hydrogen-bond acceptors (Lipinski definition) is 6. The highest BCUT2D eigenvalue weighted by Crippen LogP contribution is 2.39. The van der Waals surface area contributed by atoms with Crippen LogP contribution in [0.15, 0.2) is 0 Å². The smallest absolute Gasteiger partial charge is 0.358 e. The van der Waals surface area contributed by atoms with Crippen molar-refractivity contribution in [1.29, 1.82) is 0 Å². The second kappa shape index (κ2) is 6.45. The molecule has 0 saturated carbocycles. The average Bonchev–Trinajstić information content (AvgIpc) is 2.78. The summed E-state index contributed by atoms with van der Waals surface area (Å²) in [6.45, 7) is 9.93. The molecule has 1 aromatic heterocycles. The summed E-state index contributed by atoms with van der Waals surface area (Å²) < 4.78 is 10.4. The van der Waals surface area contributed by atoms with Crippen molar-refractivity contribution in [2.75, 3.05) is 13.7 Å². The third-order valence-electron chi connectivity index (χ3n) is 2.69. The summed E-state index contributed by atoms with van der Waals surface area (Å²) in [6.07, 6.45) is -0.269. The molecule has 0 radical (unpaired) electrons. The van der Waals surface area contributed by atoms with E-state index in [-0.39, 0.29) is 23.0 Å². The number of esters is 1. The van der Waals surface area contributed by atoms with Crippen molar-refractivity contribution >= 4 is 23.1 Å². The van der Waals surface area contributed by atoms with Crippen molar-refractivity contribution in [1.82, 2.24) is 4.98 Å². The second-order valence-corrected chi connectivity index (χ2v) is 6.51. The molecule has 1 atom stereocenters. The van der Waals surface area contributed by atoms with Gasteiger partial charge >= 0.3 is 5.97 Å². The molecule has 0 spiro atoms. The zero-order chi connectivity index (χ0) is 15.5. The minimum atomic E-state index is -0.596. The van der Waals surface area contributed by atoms with Gasteiger partial charge in [-0.25, -0.2) is 9.78 Å². The van der Waals surface area contributed by atoms with E-state index in [2.05, 4.69) is 9.72 Å². The number of carbonyl (C=O) groups is 2. The zero-order valence-electron chi connectivity index (χ0n) is 12.8. The summed E-state index contributed by atoms with van der Waals surface area (Å²) in [5.74, 6) is -0.792. The maximum absolute atomic E-state index is 11.7. The lowest BCUT2D eigenvalue weighted by atomic mass is 9.89. The number of thiazole rings is 1. The van der Waals surface area contributed by atoms with E-state index in [1.807, 2.05) is 27.7 Å². The van der Waals surface area contributed by atoms with E-state index in [0.29, 0.717) is 16.5 Å². The number of nitrogens with zero attached hydrogens (tertiary/aromatic N) is 1. The van der Waals surface area contributed by atoms with E-state index < -0.39 is 5.97 Å². The van der Waals surface area contributed by atoms with Crippen molar-refractivity contribution in [3.05, 3.63) is 15.6 Å². The predicted molar refractivity (Wildman–Crippen MR) is 77.3 cm³/mol. The number of rotatable bonds is 5. The topological polar surface area (TPSA) is 65.5 Å². The van der Waals surface area contributed by atoms with Gasteiger partial charge in [0.2, 0.25) is 0 Å². The van der Waals surface area contributed by atoms with Crippen LogP contribution in [0.3, 0.4) is 0 Å². The first-order valence-electron chi connectivity index (χ1n) is 6.43. The van der Waals surface area contributed by atoms with Gasteiger partial charge in [0.05, 0.1) is 7.11 Å². The second-order valence-electron chi connectivity index (χ2n) is 5.48. The third-order valence-corrected chi connectivity index (χ3v) is 3.89. The molecule has 0 fully saturated rings. The molecule has 1 unspecified atom stereocenters. The number of carbonyl (C=O) groups excluding carboxylic acids is 2. The van der Waals surface area contributed by atoms with E-state index in [1.54, 1.807) is 0 Å². The largest absolute Gasteiger partial charge is 0.464 e. The van der Waals surface area contributed by atoms with E-state index in [0.717, 1.165) is 0 Å². The highest BCUT2D eigenvalue weighted by molar-refractivity contribution is 7.14. The Kier molecular flexibility index (Phi) is 5.42. The Morgan fingerprint density at radius 3 is 2.35 bits per heavy atom. The van der Waals surface area contributed by atoms with Gasteiger partial charge in [-0.3, -0.25) is 4.79 Å². The van der Waals surface area contributed by atoms with Gasteiger partial charge in [-0.2, -0.15) is 0 Å². The van der Waals surface area contributed by atoms with Crippen molar-refractivity contribution < 1.29 is 19.1 Å². The Hall–Kier alpha value is -1.27. The van der Waals surface area contributed by atoms with Crippen LogP contribution < -0.4 is 0 Å². The molecule has 0 saturated heterocycles. The molecule has 112 valence electrons. The Bertz CT molecular complexity index is 502. The Morgan fingerprint density at radius 1 is 1.35 bits per heavy atom. The van der Waals surface area contributed by atoms with E-state index in [4.69, 9.17) is 4.74 Å². The van der Waals surface area contributed by atoms with Crippen molar-refractivity contribution in [2.45, 2.75) is 40.7 Å². The molecule has 0 N–H and O–H groups in total. The SMILES string of the molecule is CCOC(c1nc(C(=O)OC)c(C(C)=O)s1)C(C)(C)C. The lowest BCUT2D eigenvalue weighted by Gasteiger charge is -2.28. The molecule has 20 heavy (non-hydrogen) atoms. The summed E-state index contributed by atoms with van der Waals surface area (Å²) in [6, 6.07) is 0. The van der Waals surface area contributed by atoms with Crippen LogP contribution in [-0.2, 0) is 9.47 Å². The molecule has 0 aliphatic heterocycles. The Balaban J connectivity index is 3.31. The standard InChI is InChI=1S/C14H21NO4S/c1-7-19-11(14(3,4)5)12-15-9(13(17)18-6)10(20-12)8(2)16/h11H,7H2,1-6H3.